The highest BCUT2D eigenvalue weighted by molar-refractivity contribution is 5.74. The van der Waals surface area contributed by atoms with Crippen molar-refractivity contribution in [2.45, 2.75) is 31.4 Å². The number of rotatable bonds is 5. The van der Waals surface area contributed by atoms with Crippen molar-refractivity contribution in [3.05, 3.63) is 29.6 Å². The van der Waals surface area contributed by atoms with Crippen LogP contribution in [0.5, 0.6) is 0 Å². The number of halogens is 2. The van der Waals surface area contributed by atoms with Gasteiger partial charge >= 0.3 is 6.03 Å². The minimum Gasteiger partial charge on any atom is -0.381 e. The van der Waals surface area contributed by atoms with E-state index >= 15 is 0 Å². The zero-order valence-electron chi connectivity index (χ0n) is 14.2. The third-order valence-electron chi connectivity index (χ3n) is 4.68. The lowest BCUT2D eigenvalue weighted by Crippen LogP contribution is -2.50. The first kappa shape index (κ1) is 18.0. The lowest BCUT2D eigenvalue weighted by atomic mass is 9.96. The maximum atomic E-state index is 13.6. The Hall–Kier alpha value is -1.80. The first-order valence-corrected chi connectivity index (χ1v) is 8.42. The van der Waals surface area contributed by atoms with Crippen molar-refractivity contribution in [3.8, 4) is 0 Å². The lowest BCUT2D eigenvalue weighted by molar-refractivity contribution is -0.0222. The van der Waals surface area contributed by atoms with Crippen molar-refractivity contribution >= 4 is 6.03 Å². The molecule has 0 aliphatic carbocycles. The van der Waals surface area contributed by atoms with Gasteiger partial charge in [-0.25, -0.2) is 13.6 Å². The van der Waals surface area contributed by atoms with Crippen LogP contribution in [0.4, 0.5) is 13.6 Å². The van der Waals surface area contributed by atoms with E-state index in [1.807, 2.05) is 6.07 Å². The number of pyridine rings is 1. The summed E-state index contributed by atoms with van der Waals surface area (Å²) in [4.78, 5) is 17.8. The van der Waals surface area contributed by atoms with E-state index in [-0.39, 0.29) is 6.61 Å². The number of amides is 2. The number of nitrogens with zero attached hydrogens (tertiary/aromatic N) is 2. The first-order chi connectivity index (χ1) is 12.0. The molecule has 0 spiro atoms. The van der Waals surface area contributed by atoms with Gasteiger partial charge in [-0.3, -0.25) is 4.98 Å². The monoisotopic (exact) mass is 355 g/mol. The van der Waals surface area contributed by atoms with Crippen LogP contribution >= 0.6 is 0 Å². The maximum Gasteiger partial charge on any atom is 0.317 e. The second-order valence-corrected chi connectivity index (χ2v) is 6.71. The number of alkyl halides is 2. The van der Waals surface area contributed by atoms with Crippen LogP contribution in [0.15, 0.2) is 18.5 Å². The van der Waals surface area contributed by atoms with Crippen LogP contribution in [-0.4, -0.2) is 61.4 Å². The molecule has 2 fully saturated rings. The molecule has 2 atom stereocenters. The molecule has 0 aromatic carbocycles. The average Bonchev–Trinajstić information content (AvgIpc) is 3.19. The quantitative estimate of drug-likeness (QED) is 0.875. The second-order valence-electron chi connectivity index (χ2n) is 6.71. The van der Waals surface area contributed by atoms with Crippen LogP contribution in [0.2, 0.25) is 0 Å². The lowest BCUT2D eigenvalue weighted by Gasteiger charge is -2.24. The van der Waals surface area contributed by atoms with Crippen molar-refractivity contribution in [2.75, 3.05) is 33.5 Å². The summed E-state index contributed by atoms with van der Waals surface area (Å²) >= 11 is 0. The highest BCUT2D eigenvalue weighted by Crippen LogP contribution is 2.25. The summed E-state index contributed by atoms with van der Waals surface area (Å²) in [5.41, 5.74) is 2.03. The van der Waals surface area contributed by atoms with Crippen molar-refractivity contribution in [3.63, 3.8) is 0 Å². The molecular weight excluding hydrogens is 332 g/mol. The summed E-state index contributed by atoms with van der Waals surface area (Å²) in [6, 6.07) is 0.0412. The maximum absolute atomic E-state index is 13.6. The largest absolute Gasteiger partial charge is 0.381 e. The van der Waals surface area contributed by atoms with Gasteiger partial charge in [0.05, 0.1) is 6.61 Å². The van der Waals surface area contributed by atoms with Crippen LogP contribution in [0.1, 0.15) is 17.5 Å². The van der Waals surface area contributed by atoms with Crippen LogP contribution in [0, 0.1) is 5.92 Å². The summed E-state index contributed by atoms with van der Waals surface area (Å²) < 4.78 is 37.3. The number of urea groups is 1. The zero-order valence-corrected chi connectivity index (χ0v) is 14.2. The summed E-state index contributed by atoms with van der Waals surface area (Å²) in [7, 11) is 1.59. The fraction of sp³-hybridized carbons (Fsp3) is 0.647. The molecule has 2 saturated heterocycles. The minimum absolute atomic E-state index is 0.172. The Bertz CT molecular complexity index is 609. The third kappa shape index (κ3) is 4.43. The molecule has 2 amide bonds. The Morgan fingerprint density at radius 2 is 2.24 bits per heavy atom. The smallest absolute Gasteiger partial charge is 0.317 e. The summed E-state index contributed by atoms with van der Waals surface area (Å²) in [6.45, 7) is 1.02. The van der Waals surface area contributed by atoms with Gasteiger partial charge in [-0.1, -0.05) is 0 Å². The number of carbonyl (C=O) groups is 1. The van der Waals surface area contributed by atoms with Crippen LogP contribution in [0.3, 0.4) is 0 Å². The number of nitrogens with one attached hydrogen (secondary N) is 1. The molecule has 25 heavy (non-hydrogen) atoms. The molecule has 2 aliphatic heterocycles. The molecule has 1 N–H and O–H groups in total. The standard InChI is InChI=1S/C17H23F2N3O3/c1-22(16(23)21-15-10-25-11-17(15,18)19)8-13-2-4-20-7-14(13)6-12-3-5-24-9-12/h2,4,7,12,15H,3,5-6,8-11H2,1H3,(H,21,23)/t12-,15-/m1/s1. The zero-order chi connectivity index (χ0) is 17.9. The van der Waals surface area contributed by atoms with E-state index < -0.39 is 24.6 Å². The van der Waals surface area contributed by atoms with E-state index in [1.54, 1.807) is 19.4 Å². The van der Waals surface area contributed by atoms with Gasteiger partial charge < -0.3 is 19.7 Å². The van der Waals surface area contributed by atoms with E-state index in [0.717, 1.165) is 37.2 Å². The molecule has 138 valence electrons. The van der Waals surface area contributed by atoms with E-state index in [1.165, 1.54) is 4.90 Å². The van der Waals surface area contributed by atoms with Crippen LogP contribution < -0.4 is 5.32 Å². The Balaban J connectivity index is 1.60. The van der Waals surface area contributed by atoms with Gasteiger partial charge in [0.15, 0.2) is 0 Å². The van der Waals surface area contributed by atoms with Gasteiger partial charge in [-0.2, -0.15) is 0 Å². The minimum atomic E-state index is -3.03. The first-order valence-electron chi connectivity index (χ1n) is 8.42. The predicted octanol–water partition coefficient (Wildman–Crippen LogP) is 1.84. The van der Waals surface area contributed by atoms with Crippen molar-refractivity contribution < 1.29 is 23.0 Å². The fourth-order valence-electron chi connectivity index (χ4n) is 3.12. The van der Waals surface area contributed by atoms with E-state index in [2.05, 4.69) is 10.3 Å². The number of carbonyl (C=O) groups excluding carboxylic acids is 1. The number of hydrogen-bond donors (Lipinski definition) is 1. The molecule has 0 radical (unpaired) electrons. The molecule has 8 heteroatoms. The number of ether oxygens (including phenoxy) is 2. The van der Waals surface area contributed by atoms with E-state index in [4.69, 9.17) is 9.47 Å². The van der Waals surface area contributed by atoms with Gasteiger partial charge in [-0.05, 0) is 36.0 Å². The highest BCUT2D eigenvalue weighted by Gasteiger charge is 2.46. The van der Waals surface area contributed by atoms with Gasteiger partial charge in [0.25, 0.3) is 5.92 Å². The van der Waals surface area contributed by atoms with Crippen molar-refractivity contribution in [1.29, 1.82) is 0 Å². The number of aromatic nitrogens is 1. The van der Waals surface area contributed by atoms with Crippen LogP contribution in [0.25, 0.3) is 0 Å². The Morgan fingerprint density at radius 3 is 2.92 bits per heavy atom. The summed E-state index contributed by atoms with van der Waals surface area (Å²) in [5, 5.41) is 2.36. The topological polar surface area (TPSA) is 63.7 Å². The van der Waals surface area contributed by atoms with E-state index in [9.17, 15) is 13.6 Å². The van der Waals surface area contributed by atoms with Gasteiger partial charge in [0.2, 0.25) is 0 Å². The van der Waals surface area contributed by atoms with Crippen LogP contribution in [-0.2, 0) is 22.4 Å². The molecule has 2 aliphatic rings. The number of hydrogen-bond acceptors (Lipinski definition) is 4. The molecular formula is C17H23F2N3O3. The predicted molar refractivity (Wildman–Crippen MR) is 86.4 cm³/mol. The normalized spacial score (nSPS) is 25.1. The van der Waals surface area contributed by atoms with Gasteiger partial charge in [0, 0.05) is 39.2 Å². The SMILES string of the molecule is CN(Cc1ccncc1C[C@H]1CCOC1)C(=O)N[C@@H]1COCC1(F)F. The van der Waals surface area contributed by atoms with Gasteiger partial charge in [0.1, 0.15) is 12.6 Å². The van der Waals surface area contributed by atoms with Crippen molar-refractivity contribution in [1.82, 2.24) is 15.2 Å². The van der Waals surface area contributed by atoms with Gasteiger partial charge in [-0.15, -0.1) is 0 Å². The molecule has 1 aromatic rings. The highest BCUT2D eigenvalue weighted by atomic mass is 19.3. The molecule has 0 bridgehead atoms. The third-order valence-corrected chi connectivity index (χ3v) is 4.68. The Labute approximate surface area is 145 Å². The van der Waals surface area contributed by atoms with Crippen molar-refractivity contribution in [2.24, 2.45) is 5.92 Å². The Morgan fingerprint density at radius 1 is 1.40 bits per heavy atom. The second kappa shape index (κ2) is 7.61. The average molecular weight is 355 g/mol. The molecule has 0 unspecified atom stereocenters. The molecule has 3 heterocycles. The Kier molecular flexibility index (Phi) is 5.48. The molecule has 0 saturated carbocycles. The molecule has 6 nitrogen and oxygen atoms in total. The molecule has 3 rings (SSSR count). The fourth-order valence-corrected chi connectivity index (χ4v) is 3.12. The van der Waals surface area contributed by atoms with E-state index in [0.29, 0.717) is 12.5 Å². The molecule has 1 aromatic heterocycles. The summed E-state index contributed by atoms with van der Waals surface area (Å²) in [6.07, 6.45) is 5.33. The summed E-state index contributed by atoms with van der Waals surface area (Å²) in [5.74, 6) is -2.57.